The second-order valence-corrected chi connectivity index (χ2v) is 3.49. The lowest BCUT2D eigenvalue weighted by atomic mass is 10.0. The first-order chi connectivity index (χ1) is 6.31. The van der Waals surface area contributed by atoms with E-state index in [1.54, 1.807) is 0 Å². The predicted octanol–water partition coefficient (Wildman–Crippen LogP) is 2.42. The number of aliphatic hydroxyl groups excluding tert-OH is 1. The number of nitrogens with zero attached hydrogens (tertiary/aromatic N) is 1. The van der Waals surface area contributed by atoms with Crippen LogP contribution in [0.15, 0.2) is 18.3 Å². The first-order valence-corrected chi connectivity index (χ1v) is 5.06. The monoisotopic (exact) mass is 181 g/mol. The number of hydrogen-bond acceptors (Lipinski definition) is 1. The van der Waals surface area contributed by atoms with Gasteiger partial charge in [-0.2, -0.15) is 0 Å². The summed E-state index contributed by atoms with van der Waals surface area (Å²) in [6.07, 6.45) is 4.46. The van der Waals surface area contributed by atoms with Crippen LogP contribution >= 0.6 is 0 Å². The average molecular weight is 181 g/mol. The standard InChI is InChI=1S/C11H19NO/c1-3-10(4-2)8-12-7-5-6-11(12)9-13/h5-7,10,13H,3-4,8-9H2,1-2H3. The maximum Gasteiger partial charge on any atom is 0.0832 e. The Labute approximate surface area is 80.2 Å². The van der Waals surface area contributed by atoms with Gasteiger partial charge in [-0.3, -0.25) is 0 Å². The van der Waals surface area contributed by atoms with Gasteiger partial charge in [-0.05, 0) is 18.1 Å². The molecule has 0 amide bonds. The van der Waals surface area contributed by atoms with Crippen molar-refractivity contribution in [3.05, 3.63) is 24.0 Å². The number of aromatic nitrogens is 1. The minimum Gasteiger partial charge on any atom is -0.390 e. The van der Waals surface area contributed by atoms with E-state index < -0.39 is 0 Å². The second kappa shape index (κ2) is 5.07. The van der Waals surface area contributed by atoms with Gasteiger partial charge < -0.3 is 9.67 Å². The van der Waals surface area contributed by atoms with Crippen molar-refractivity contribution in [2.75, 3.05) is 0 Å². The molecule has 0 aliphatic rings. The molecule has 0 aliphatic carbocycles. The molecule has 13 heavy (non-hydrogen) atoms. The highest BCUT2D eigenvalue weighted by Gasteiger charge is 2.06. The van der Waals surface area contributed by atoms with Gasteiger partial charge in [0.05, 0.1) is 6.61 Å². The van der Waals surface area contributed by atoms with Crippen LogP contribution in [0, 0.1) is 5.92 Å². The summed E-state index contributed by atoms with van der Waals surface area (Å²) in [5.41, 5.74) is 1.02. The summed E-state index contributed by atoms with van der Waals surface area (Å²) in [5.74, 6) is 0.734. The lowest BCUT2D eigenvalue weighted by Crippen LogP contribution is -2.10. The highest BCUT2D eigenvalue weighted by atomic mass is 16.3. The van der Waals surface area contributed by atoms with E-state index >= 15 is 0 Å². The molecule has 2 nitrogen and oxygen atoms in total. The number of rotatable bonds is 5. The molecule has 0 saturated heterocycles. The molecule has 0 bridgehead atoms. The van der Waals surface area contributed by atoms with E-state index in [0.29, 0.717) is 0 Å². The van der Waals surface area contributed by atoms with Crippen LogP contribution in [0.2, 0.25) is 0 Å². The highest BCUT2D eigenvalue weighted by Crippen LogP contribution is 2.13. The van der Waals surface area contributed by atoms with Crippen molar-refractivity contribution in [3.63, 3.8) is 0 Å². The predicted molar refractivity (Wildman–Crippen MR) is 54.4 cm³/mol. The molecule has 1 N–H and O–H groups in total. The van der Waals surface area contributed by atoms with Crippen LogP contribution in [0.25, 0.3) is 0 Å². The molecule has 1 rings (SSSR count). The van der Waals surface area contributed by atoms with E-state index in [9.17, 15) is 0 Å². The largest absolute Gasteiger partial charge is 0.390 e. The Hall–Kier alpha value is -0.760. The Morgan fingerprint density at radius 3 is 2.62 bits per heavy atom. The quantitative estimate of drug-likeness (QED) is 0.741. The number of hydrogen-bond donors (Lipinski definition) is 1. The smallest absolute Gasteiger partial charge is 0.0832 e. The zero-order valence-electron chi connectivity index (χ0n) is 8.53. The molecular weight excluding hydrogens is 162 g/mol. The van der Waals surface area contributed by atoms with Crippen LogP contribution in [0.3, 0.4) is 0 Å². The third kappa shape index (κ3) is 2.59. The van der Waals surface area contributed by atoms with Crippen LogP contribution in [0.1, 0.15) is 32.4 Å². The Morgan fingerprint density at radius 1 is 1.38 bits per heavy atom. The molecule has 74 valence electrons. The van der Waals surface area contributed by atoms with Gasteiger partial charge in [0, 0.05) is 18.4 Å². The van der Waals surface area contributed by atoms with E-state index in [-0.39, 0.29) is 6.61 Å². The minimum absolute atomic E-state index is 0.146. The van der Waals surface area contributed by atoms with Crippen molar-refractivity contribution < 1.29 is 5.11 Å². The normalized spacial score (nSPS) is 11.1. The van der Waals surface area contributed by atoms with E-state index in [4.69, 9.17) is 5.11 Å². The summed E-state index contributed by atoms with van der Waals surface area (Å²) in [4.78, 5) is 0. The van der Waals surface area contributed by atoms with Gasteiger partial charge in [-0.25, -0.2) is 0 Å². The molecule has 1 aromatic heterocycles. The zero-order chi connectivity index (χ0) is 9.68. The fourth-order valence-corrected chi connectivity index (χ4v) is 1.60. The van der Waals surface area contributed by atoms with Gasteiger partial charge in [0.25, 0.3) is 0 Å². The van der Waals surface area contributed by atoms with Crippen molar-refractivity contribution in [1.82, 2.24) is 4.57 Å². The first kappa shape index (κ1) is 10.3. The summed E-state index contributed by atoms with van der Waals surface area (Å²) < 4.78 is 2.15. The van der Waals surface area contributed by atoms with Gasteiger partial charge in [0.2, 0.25) is 0 Å². The van der Waals surface area contributed by atoms with Crippen LogP contribution in [0.4, 0.5) is 0 Å². The fraction of sp³-hybridized carbons (Fsp3) is 0.636. The molecule has 1 heterocycles. The lowest BCUT2D eigenvalue weighted by molar-refractivity contribution is 0.266. The summed E-state index contributed by atoms with van der Waals surface area (Å²) in [6.45, 7) is 5.62. The summed E-state index contributed by atoms with van der Waals surface area (Å²) >= 11 is 0. The van der Waals surface area contributed by atoms with Gasteiger partial charge >= 0.3 is 0 Å². The van der Waals surface area contributed by atoms with E-state index in [1.165, 1.54) is 12.8 Å². The molecule has 1 aromatic rings. The van der Waals surface area contributed by atoms with E-state index in [2.05, 4.69) is 18.4 Å². The lowest BCUT2D eigenvalue weighted by Gasteiger charge is -2.15. The maximum absolute atomic E-state index is 9.04. The Kier molecular flexibility index (Phi) is 4.03. The van der Waals surface area contributed by atoms with Crippen molar-refractivity contribution in [1.29, 1.82) is 0 Å². The summed E-state index contributed by atoms with van der Waals surface area (Å²) in [5, 5.41) is 9.04. The highest BCUT2D eigenvalue weighted by molar-refractivity contribution is 5.05. The molecule has 0 unspecified atom stereocenters. The number of aliphatic hydroxyl groups is 1. The van der Waals surface area contributed by atoms with Crippen LogP contribution in [0.5, 0.6) is 0 Å². The van der Waals surface area contributed by atoms with Crippen LogP contribution in [-0.2, 0) is 13.2 Å². The third-order valence-electron chi connectivity index (χ3n) is 2.70. The summed E-state index contributed by atoms with van der Waals surface area (Å²) in [6, 6.07) is 3.97. The molecule has 0 spiro atoms. The molecule has 0 atom stereocenters. The molecule has 0 radical (unpaired) electrons. The SMILES string of the molecule is CCC(CC)Cn1cccc1CO. The van der Waals surface area contributed by atoms with E-state index in [0.717, 1.165) is 18.2 Å². The van der Waals surface area contributed by atoms with Gasteiger partial charge in [0.15, 0.2) is 0 Å². The van der Waals surface area contributed by atoms with Gasteiger partial charge in [0.1, 0.15) is 0 Å². The molecule has 0 saturated carbocycles. The van der Waals surface area contributed by atoms with Crippen LogP contribution < -0.4 is 0 Å². The third-order valence-corrected chi connectivity index (χ3v) is 2.70. The molecule has 2 heteroatoms. The summed E-state index contributed by atoms with van der Waals surface area (Å²) in [7, 11) is 0. The molecule has 0 aromatic carbocycles. The molecular formula is C11H19NO. The van der Waals surface area contributed by atoms with Crippen molar-refractivity contribution in [3.8, 4) is 0 Å². The fourth-order valence-electron chi connectivity index (χ4n) is 1.60. The Balaban J connectivity index is 2.61. The van der Waals surface area contributed by atoms with Crippen LogP contribution in [-0.4, -0.2) is 9.67 Å². The van der Waals surface area contributed by atoms with Gasteiger partial charge in [-0.1, -0.05) is 26.7 Å². The average Bonchev–Trinajstić information content (AvgIpc) is 2.61. The van der Waals surface area contributed by atoms with Gasteiger partial charge in [-0.15, -0.1) is 0 Å². The second-order valence-electron chi connectivity index (χ2n) is 3.49. The minimum atomic E-state index is 0.146. The Bertz CT molecular complexity index is 238. The topological polar surface area (TPSA) is 25.2 Å². The van der Waals surface area contributed by atoms with Crippen molar-refractivity contribution in [2.45, 2.75) is 39.8 Å². The molecule has 0 aliphatic heterocycles. The first-order valence-electron chi connectivity index (χ1n) is 5.06. The zero-order valence-corrected chi connectivity index (χ0v) is 8.53. The van der Waals surface area contributed by atoms with Crippen molar-refractivity contribution >= 4 is 0 Å². The van der Waals surface area contributed by atoms with E-state index in [1.807, 2.05) is 18.3 Å². The Morgan fingerprint density at radius 2 is 2.08 bits per heavy atom. The van der Waals surface area contributed by atoms with Crippen molar-refractivity contribution in [2.24, 2.45) is 5.92 Å². The molecule has 0 fully saturated rings. The maximum atomic E-state index is 9.04.